The summed E-state index contributed by atoms with van der Waals surface area (Å²) < 4.78 is 11.3. The first-order chi connectivity index (χ1) is 28.1. The van der Waals surface area contributed by atoms with Crippen LogP contribution in [0.25, 0.3) is 76.8 Å². The van der Waals surface area contributed by atoms with Gasteiger partial charge in [0.05, 0.1) is 46.5 Å². The summed E-state index contributed by atoms with van der Waals surface area (Å²) in [5.41, 5.74) is 10.2. The van der Waals surface area contributed by atoms with E-state index in [2.05, 4.69) is 200 Å². The number of hydrogen-bond donors (Lipinski definition) is 0. The van der Waals surface area contributed by atoms with Gasteiger partial charge in [-0.2, -0.15) is 0 Å². The third-order valence-electron chi connectivity index (χ3n) is 12.7. The van der Waals surface area contributed by atoms with Crippen molar-refractivity contribution in [3.8, 4) is 56.0 Å². The van der Waals surface area contributed by atoms with E-state index >= 15 is 0 Å². The van der Waals surface area contributed by atoms with E-state index in [1.165, 1.54) is 97.6 Å². The Balaban J connectivity index is 1.57. The summed E-state index contributed by atoms with van der Waals surface area (Å²) in [6, 6.07) is 47.2. The lowest BCUT2D eigenvalue weighted by atomic mass is 9.82. The zero-order valence-corrected chi connectivity index (χ0v) is 42.4. The molecule has 60 heavy (non-hydrogen) atoms. The van der Waals surface area contributed by atoms with Crippen LogP contribution in [0, 0.1) is 0 Å². The fraction of sp³-hybridized carbons (Fsp3) is 0.259. The van der Waals surface area contributed by atoms with Gasteiger partial charge in [-0.05, 0) is 113 Å². The zero-order chi connectivity index (χ0) is 43.1. The summed E-state index contributed by atoms with van der Waals surface area (Å²) in [5.74, 6) is 1.73. The van der Waals surface area contributed by atoms with E-state index in [1.807, 2.05) is 0 Å². The smallest absolute Gasteiger partial charge is 0.118 e. The van der Waals surface area contributed by atoms with Crippen LogP contribution in [0.4, 0.5) is 0 Å². The molecule has 2 nitrogen and oxygen atoms in total. The molecule has 0 bridgehead atoms. The maximum Gasteiger partial charge on any atom is 0.118 e. The number of methoxy groups -OCH3 is 2. The molecular weight excluding hydrogens is 793 g/mol. The van der Waals surface area contributed by atoms with E-state index < -0.39 is 32.3 Å². The molecule has 306 valence electrons. The Bertz CT molecular complexity index is 2640. The van der Waals surface area contributed by atoms with Crippen LogP contribution in [-0.2, 0) is 0 Å². The average Bonchev–Trinajstić information content (AvgIpc) is 3.21. The summed E-state index contributed by atoms with van der Waals surface area (Å²) in [6.45, 7) is 29.8. The van der Waals surface area contributed by atoms with E-state index in [9.17, 15) is 0 Å². The van der Waals surface area contributed by atoms with Crippen LogP contribution in [0.5, 0.6) is 11.5 Å². The van der Waals surface area contributed by atoms with Crippen molar-refractivity contribution >= 4 is 85.4 Å². The molecule has 0 spiro atoms. The van der Waals surface area contributed by atoms with Gasteiger partial charge in [-0.15, -0.1) is 0 Å². The molecule has 8 aromatic carbocycles. The highest BCUT2D eigenvalue weighted by molar-refractivity contribution is 6.92. The monoisotopic (exact) mass is 854 g/mol. The Kier molecular flexibility index (Phi) is 10.5. The molecule has 0 aliphatic heterocycles. The van der Waals surface area contributed by atoms with Gasteiger partial charge in [-0.3, -0.25) is 0 Å². The number of ether oxygens (including phenoxy) is 2. The molecule has 8 aromatic rings. The Labute approximate surface area is 363 Å². The van der Waals surface area contributed by atoms with Crippen molar-refractivity contribution in [3.63, 3.8) is 0 Å². The summed E-state index contributed by atoms with van der Waals surface area (Å²) >= 11 is 0. The summed E-state index contributed by atoms with van der Waals surface area (Å²) in [7, 11) is -3.13. The minimum atomic E-state index is -1.66. The van der Waals surface area contributed by atoms with Crippen molar-refractivity contribution in [2.45, 2.75) is 78.6 Å². The fourth-order valence-electron chi connectivity index (χ4n) is 8.79. The van der Waals surface area contributed by atoms with E-state index in [0.717, 1.165) is 11.5 Å². The van der Waals surface area contributed by atoms with Crippen LogP contribution in [0.3, 0.4) is 0 Å². The van der Waals surface area contributed by atoms with Crippen molar-refractivity contribution in [2.24, 2.45) is 0 Å². The first kappa shape index (κ1) is 42.0. The highest BCUT2D eigenvalue weighted by Crippen LogP contribution is 2.48. The molecule has 0 unspecified atom stereocenters. The first-order valence-electron chi connectivity index (χ1n) is 21.6. The standard InChI is InChI=1S/C54H62O2Si4/c1-55-39-19-15-35(16-20-39)49-33-51(37-27-41(57(3,4)5)31-42(28-37)58(6,7)8)47-26-24-46-50(36-17-21-40(56-2)22-18-36)34-52(48-25-23-45(49)53(47)54(46)48)38-29-43(59(9,10)11)32-44(30-38)60(12,13)14/h15-34H,1-14H3. The van der Waals surface area contributed by atoms with Crippen LogP contribution in [-0.4, -0.2) is 46.5 Å². The zero-order valence-electron chi connectivity index (χ0n) is 38.4. The second-order valence-corrected chi connectivity index (χ2v) is 41.4. The molecule has 0 aliphatic carbocycles. The largest absolute Gasteiger partial charge is 0.497 e. The van der Waals surface area contributed by atoms with Gasteiger partial charge in [-0.25, -0.2) is 0 Å². The van der Waals surface area contributed by atoms with Crippen molar-refractivity contribution in [3.05, 3.63) is 121 Å². The predicted octanol–water partition coefficient (Wildman–Crippen LogP) is 13.4. The quantitative estimate of drug-likeness (QED) is 0.101. The average molecular weight is 855 g/mol. The molecule has 0 saturated carbocycles. The third kappa shape index (κ3) is 7.72. The van der Waals surface area contributed by atoms with Crippen LogP contribution in [0.1, 0.15) is 0 Å². The normalized spacial score (nSPS) is 12.8. The molecule has 6 heteroatoms. The maximum absolute atomic E-state index is 5.66. The fourth-order valence-corrected chi connectivity index (χ4v) is 13.8. The second kappa shape index (κ2) is 15.0. The molecule has 0 radical (unpaired) electrons. The van der Waals surface area contributed by atoms with Gasteiger partial charge in [0.25, 0.3) is 0 Å². The Morgan fingerprint density at radius 1 is 0.283 bits per heavy atom. The highest BCUT2D eigenvalue weighted by Gasteiger charge is 2.28. The lowest BCUT2D eigenvalue weighted by molar-refractivity contribution is 0.415. The molecule has 0 aromatic heterocycles. The van der Waals surface area contributed by atoms with Crippen LogP contribution in [0.2, 0.25) is 78.6 Å². The topological polar surface area (TPSA) is 18.5 Å². The van der Waals surface area contributed by atoms with Gasteiger partial charge in [0.2, 0.25) is 0 Å². The number of rotatable bonds is 10. The third-order valence-corrected chi connectivity index (χ3v) is 20.7. The lowest BCUT2D eigenvalue weighted by Crippen LogP contribution is -2.45. The molecule has 0 fully saturated rings. The molecule has 0 atom stereocenters. The van der Waals surface area contributed by atoms with Gasteiger partial charge >= 0.3 is 0 Å². The van der Waals surface area contributed by atoms with E-state index in [0.29, 0.717) is 0 Å². The number of benzene rings is 8. The van der Waals surface area contributed by atoms with Crippen molar-refractivity contribution in [2.75, 3.05) is 14.2 Å². The van der Waals surface area contributed by atoms with Gasteiger partial charge in [0, 0.05) is 0 Å². The van der Waals surface area contributed by atoms with Crippen molar-refractivity contribution < 1.29 is 9.47 Å². The molecule has 0 amide bonds. The van der Waals surface area contributed by atoms with Crippen molar-refractivity contribution in [1.29, 1.82) is 0 Å². The van der Waals surface area contributed by atoms with Crippen LogP contribution < -0.4 is 30.2 Å². The Morgan fingerprint density at radius 2 is 0.533 bits per heavy atom. The Morgan fingerprint density at radius 3 is 0.767 bits per heavy atom. The molecular formula is C54H62O2Si4. The predicted molar refractivity (Wildman–Crippen MR) is 277 cm³/mol. The SMILES string of the molecule is COc1ccc(-c2cc(-c3cc([Si](C)(C)C)cc([Si](C)(C)C)c3)c3ccc4c(-c5ccc(OC)cc5)cc(-c5cc([Si](C)(C)C)cc([Si](C)(C)C)c5)c5ccc2c3c45)cc1. The highest BCUT2D eigenvalue weighted by atomic mass is 28.3. The van der Waals surface area contributed by atoms with Gasteiger partial charge in [-0.1, -0.05) is 184 Å². The summed E-state index contributed by atoms with van der Waals surface area (Å²) in [4.78, 5) is 0. The van der Waals surface area contributed by atoms with Crippen LogP contribution >= 0.6 is 0 Å². The van der Waals surface area contributed by atoms with E-state index in [1.54, 1.807) is 14.2 Å². The van der Waals surface area contributed by atoms with Crippen molar-refractivity contribution in [1.82, 2.24) is 0 Å². The van der Waals surface area contributed by atoms with Gasteiger partial charge in [0.1, 0.15) is 11.5 Å². The second-order valence-electron chi connectivity index (χ2n) is 21.1. The molecule has 8 rings (SSSR count). The van der Waals surface area contributed by atoms with E-state index in [4.69, 9.17) is 9.47 Å². The molecule has 0 aliphatic rings. The van der Waals surface area contributed by atoms with Crippen LogP contribution in [0.15, 0.2) is 121 Å². The summed E-state index contributed by atoms with van der Waals surface area (Å²) in [5, 5.41) is 14.0. The first-order valence-corrected chi connectivity index (χ1v) is 35.6. The maximum atomic E-state index is 5.66. The van der Waals surface area contributed by atoms with Gasteiger partial charge in [0.15, 0.2) is 0 Å². The minimum absolute atomic E-state index is 0.867. The number of hydrogen-bond acceptors (Lipinski definition) is 2. The Hall–Kier alpha value is -4.73. The molecule has 0 heterocycles. The lowest BCUT2D eigenvalue weighted by Gasteiger charge is -2.26. The van der Waals surface area contributed by atoms with Gasteiger partial charge < -0.3 is 9.47 Å². The molecule has 0 N–H and O–H groups in total. The van der Waals surface area contributed by atoms with E-state index in [-0.39, 0.29) is 0 Å². The minimum Gasteiger partial charge on any atom is -0.497 e. The molecule has 0 saturated heterocycles. The summed E-state index contributed by atoms with van der Waals surface area (Å²) in [6.07, 6.45) is 0.